The Bertz CT molecular complexity index is 893. The van der Waals surface area contributed by atoms with Gasteiger partial charge >= 0.3 is 0 Å². The number of ether oxygens (including phenoxy) is 1. The molecule has 150 valence electrons. The fourth-order valence-corrected chi connectivity index (χ4v) is 4.25. The zero-order valence-electron chi connectivity index (χ0n) is 16.0. The van der Waals surface area contributed by atoms with Crippen LogP contribution >= 0.6 is 0 Å². The van der Waals surface area contributed by atoms with Gasteiger partial charge in [-0.2, -0.15) is 0 Å². The minimum atomic E-state index is -3.21. The van der Waals surface area contributed by atoms with Crippen molar-refractivity contribution in [3.8, 4) is 5.75 Å². The van der Waals surface area contributed by atoms with Gasteiger partial charge in [0.1, 0.15) is 5.75 Å². The number of aromatic nitrogens is 1. The monoisotopic (exact) mass is 403 g/mol. The summed E-state index contributed by atoms with van der Waals surface area (Å²) in [6, 6.07) is 12.7. The quantitative estimate of drug-likeness (QED) is 0.797. The van der Waals surface area contributed by atoms with E-state index in [0.29, 0.717) is 25.9 Å². The normalized spacial score (nSPS) is 17.1. The number of carbonyl (C=O) groups is 1. The third-order valence-electron chi connectivity index (χ3n) is 5.01. The molecule has 28 heavy (non-hydrogen) atoms. The molecule has 0 aliphatic carbocycles. The van der Waals surface area contributed by atoms with Crippen molar-refractivity contribution < 1.29 is 17.9 Å². The van der Waals surface area contributed by atoms with Gasteiger partial charge in [-0.1, -0.05) is 18.2 Å². The van der Waals surface area contributed by atoms with E-state index >= 15 is 0 Å². The molecular weight excluding hydrogens is 378 g/mol. The average Bonchev–Trinajstić information content (AvgIpc) is 2.72. The van der Waals surface area contributed by atoms with E-state index in [2.05, 4.69) is 10.3 Å². The Morgan fingerprint density at radius 3 is 2.39 bits per heavy atom. The van der Waals surface area contributed by atoms with Gasteiger partial charge in [0.2, 0.25) is 15.9 Å². The Morgan fingerprint density at radius 2 is 1.86 bits per heavy atom. The number of rotatable bonds is 6. The summed E-state index contributed by atoms with van der Waals surface area (Å²) in [5.41, 5.74) is 1.65. The predicted molar refractivity (Wildman–Crippen MR) is 106 cm³/mol. The number of sulfonamides is 1. The van der Waals surface area contributed by atoms with Gasteiger partial charge in [-0.25, -0.2) is 12.7 Å². The van der Waals surface area contributed by atoms with E-state index in [0.717, 1.165) is 17.0 Å². The third-order valence-corrected chi connectivity index (χ3v) is 6.32. The van der Waals surface area contributed by atoms with Gasteiger partial charge in [-0.15, -0.1) is 0 Å². The van der Waals surface area contributed by atoms with E-state index < -0.39 is 10.0 Å². The van der Waals surface area contributed by atoms with E-state index in [9.17, 15) is 13.2 Å². The van der Waals surface area contributed by atoms with Gasteiger partial charge in [0.15, 0.2) is 0 Å². The Morgan fingerprint density at radius 1 is 1.18 bits per heavy atom. The molecule has 2 heterocycles. The Balaban J connectivity index is 1.75. The second-order valence-corrected chi connectivity index (χ2v) is 8.89. The van der Waals surface area contributed by atoms with Gasteiger partial charge in [-0.3, -0.25) is 9.78 Å². The molecule has 1 aromatic carbocycles. The lowest BCUT2D eigenvalue weighted by molar-refractivity contribution is -0.126. The molecule has 2 aromatic rings. The van der Waals surface area contributed by atoms with Crippen molar-refractivity contribution in [2.45, 2.75) is 18.9 Å². The Kier molecular flexibility index (Phi) is 6.31. The van der Waals surface area contributed by atoms with E-state index in [1.807, 2.05) is 42.5 Å². The van der Waals surface area contributed by atoms with Crippen LogP contribution in [0, 0.1) is 5.92 Å². The van der Waals surface area contributed by atoms with Gasteiger partial charge < -0.3 is 10.1 Å². The smallest absolute Gasteiger partial charge is 0.224 e. The van der Waals surface area contributed by atoms with E-state index in [1.54, 1.807) is 13.3 Å². The van der Waals surface area contributed by atoms with E-state index in [1.165, 1.54) is 10.6 Å². The van der Waals surface area contributed by atoms with Crippen molar-refractivity contribution >= 4 is 15.9 Å². The molecule has 1 aliphatic heterocycles. The first-order chi connectivity index (χ1) is 13.4. The highest BCUT2D eigenvalue weighted by Crippen LogP contribution is 2.25. The molecular formula is C20H25N3O4S. The molecule has 1 amide bonds. The Labute approximate surface area is 165 Å². The van der Waals surface area contributed by atoms with Crippen molar-refractivity contribution in [2.75, 3.05) is 26.5 Å². The number of methoxy groups -OCH3 is 1. The minimum Gasteiger partial charge on any atom is -0.497 e. The van der Waals surface area contributed by atoms with Crippen LogP contribution in [0.1, 0.15) is 30.1 Å². The molecule has 1 unspecified atom stereocenters. The zero-order chi connectivity index (χ0) is 20.1. The number of hydrogen-bond acceptors (Lipinski definition) is 5. The summed E-state index contributed by atoms with van der Waals surface area (Å²) in [7, 11) is -1.60. The number of carbonyl (C=O) groups excluding carboxylic acids is 1. The van der Waals surface area contributed by atoms with Crippen LogP contribution in [0.4, 0.5) is 0 Å². The van der Waals surface area contributed by atoms with Crippen LogP contribution in [-0.4, -0.2) is 50.1 Å². The topological polar surface area (TPSA) is 88.6 Å². The van der Waals surface area contributed by atoms with Crippen molar-refractivity contribution in [3.63, 3.8) is 0 Å². The number of pyridine rings is 1. The summed E-state index contributed by atoms with van der Waals surface area (Å²) in [6.45, 7) is 0.738. The molecule has 8 heteroatoms. The predicted octanol–water partition coefficient (Wildman–Crippen LogP) is 1.97. The van der Waals surface area contributed by atoms with Gasteiger partial charge in [0.05, 0.1) is 25.1 Å². The lowest BCUT2D eigenvalue weighted by Crippen LogP contribution is -2.43. The minimum absolute atomic E-state index is 0.0837. The maximum atomic E-state index is 12.9. The second-order valence-electron chi connectivity index (χ2n) is 6.91. The zero-order valence-corrected chi connectivity index (χ0v) is 16.9. The van der Waals surface area contributed by atoms with Crippen LogP contribution in [0.3, 0.4) is 0 Å². The van der Waals surface area contributed by atoms with Crippen LogP contribution in [0.5, 0.6) is 5.75 Å². The largest absolute Gasteiger partial charge is 0.497 e. The molecule has 0 radical (unpaired) electrons. The van der Waals surface area contributed by atoms with Crippen LogP contribution in [0.25, 0.3) is 0 Å². The first-order valence-electron chi connectivity index (χ1n) is 9.19. The van der Waals surface area contributed by atoms with Crippen LogP contribution < -0.4 is 10.1 Å². The molecule has 1 fully saturated rings. The van der Waals surface area contributed by atoms with Crippen LogP contribution in [-0.2, 0) is 14.8 Å². The molecule has 1 saturated heterocycles. The van der Waals surface area contributed by atoms with Crippen molar-refractivity contribution in [2.24, 2.45) is 5.92 Å². The average molecular weight is 404 g/mol. The molecule has 1 atom stereocenters. The first kappa shape index (κ1) is 20.3. The highest BCUT2D eigenvalue weighted by Gasteiger charge is 2.30. The number of piperidine rings is 1. The summed E-state index contributed by atoms with van der Waals surface area (Å²) in [5, 5.41) is 3.10. The summed E-state index contributed by atoms with van der Waals surface area (Å²) >= 11 is 0. The first-order valence-corrected chi connectivity index (χ1v) is 11.0. The number of benzene rings is 1. The van der Waals surface area contributed by atoms with Gasteiger partial charge in [-0.05, 0) is 42.7 Å². The molecule has 1 aromatic heterocycles. The highest BCUT2D eigenvalue weighted by atomic mass is 32.2. The van der Waals surface area contributed by atoms with Gasteiger partial charge in [0, 0.05) is 25.2 Å². The number of nitrogens with zero attached hydrogens (tertiary/aromatic N) is 2. The molecule has 0 spiro atoms. The van der Waals surface area contributed by atoms with Crippen LogP contribution in [0.15, 0.2) is 48.7 Å². The maximum absolute atomic E-state index is 12.9. The summed E-state index contributed by atoms with van der Waals surface area (Å²) in [5.74, 6) is 0.435. The second kappa shape index (κ2) is 8.70. The maximum Gasteiger partial charge on any atom is 0.224 e. The van der Waals surface area contributed by atoms with Crippen molar-refractivity contribution in [1.82, 2.24) is 14.6 Å². The lowest BCUT2D eigenvalue weighted by atomic mass is 9.95. The molecule has 0 saturated carbocycles. The van der Waals surface area contributed by atoms with Crippen LogP contribution in [0.2, 0.25) is 0 Å². The lowest BCUT2D eigenvalue weighted by Gasteiger charge is -2.30. The summed E-state index contributed by atoms with van der Waals surface area (Å²) < 4.78 is 30.0. The number of amides is 1. The van der Waals surface area contributed by atoms with E-state index in [-0.39, 0.29) is 17.9 Å². The number of nitrogens with one attached hydrogen (secondary N) is 1. The third kappa shape index (κ3) is 4.88. The highest BCUT2D eigenvalue weighted by molar-refractivity contribution is 7.88. The molecule has 1 aliphatic rings. The van der Waals surface area contributed by atoms with Gasteiger partial charge in [0.25, 0.3) is 0 Å². The summed E-state index contributed by atoms with van der Waals surface area (Å²) in [6.07, 6.45) is 3.92. The van der Waals surface area contributed by atoms with Crippen molar-refractivity contribution in [3.05, 3.63) is 59.9 Å². The Hall–Kier alpha value is -2.45. The van der Waals surface area contributed by atoms with Crippen molar-refractivity contribution in [1.29, 1.82) is 0 Å². The molecule has 0 bridgehead atoms. The molecule has 7 nitrogen and oxygen atoms in total. The number of hydrogen-bond donors (Lipinski definition) is 1. The standard InChI is InChI=1S/C20H25N3O4S/c1-27-17-8-6-15(7-9-17)19(18-5-3-4-12-21-18)22-20(24)16-10-13-23(14-11-16)28(2,25)26/h3-9,12,16,19H,10-11,13-14H2,1-2H3,(H,22,24). The molecule has 3 rings (SSSR count). The molecule has 1 N–H and O–H groups in total. The SMILES string of the molecule is COc1ccc(C(NC(=O)C2CCN(S(C)(=O)=O)CC2)c2ccccn2)cc1. The summed E-state index contributed by atoms with van der Waals surface area (Å²) in [4.78, 5) is 17.3. The fraction of sp³-hybridized carbons (Fsp3) is 0.400. The van der Waals surface area contributed by atoms with E-state index in [4.69, 9.17) is 4.74 Å². The fourth-order valence-electron chi connectivity index (χ4n) is 3.38.